The smallest absolute Gasteiger partial charge is 0.410 e. The monoisotopic (exact) mass is 586 g/mol. The minimum atomic E-state index is -4.67. The van der Waals surface area contributed by atoms with E-state index >= 15 is 4.39 Å². The minimum Gasteiger partial charge on any atom is -0.435 e. The molecule has 2 aliphatic rings. The van der Waals surface area contributed by atoms with Crippen molar-refractivity contribution >= 4 is 23.0 Å². The van der Waals surface area contributed by atoms with Gasteiger partial charge in [0.25, 0.3) is 5.91 Å². The van der Waals surface area contributed by atoms with E-state index in [0.29, 0.717) is 12.8 Å². The Morgan fingerprint density at radius 3 is 2.59 bits per heavy atom. The molecule has 41 heavy (non-hydrogen) atoms. The third-order valence-corrected chi connectivity index (χ3v) is 7.50. The molecule has 1 saturated heterocycles. The molecule has 2 N–H and O–H groups in total. The number of carbonyl (C=O) groups excluding carboxylic acids is 2. The van der Waals surface area contributed by atoms with Gasteiger partial charge in [-0.1, -0.05) is 5.16 Å². The van der Waals surface area contributed by atoms with E-state index in [0.717, 1.165) is 11.0 Å². The average Bonchev–Trinajstić information content (AvgIpc) is 3.64. The Morgan fingerprint density at radius 2 is 1.98 bits per heavy atom. The molecule has 2 aromatic heterocycles. The van der Waals surface area contributed by atoms with Crippen molar-refractivity contribution in [2.24, 2.45) is 5.92 Å². The van der Waals surface area contributed by atoms with E-state index in [4.69, 9.17) is 9.15 Å². The van der Waals surface area contributed by atoms with Crippen molar-refractivity contribution in [3.05, 3.63) is 40.8 Å². The van der Waals surface area contributed by atoms with E-state index < -0.39 is 54.8 Å². The Hall–Kier alpha value is -3.82. The Morgan fingerprint density at radius 1 is 1.24 bits per heavy atom. The number of nitrogens with one attached hydrogen (secondary N) is 2. The standard InChI is InChI=1S/C25H27F5N6O5/c1-11-19(35-41-34-11)22(37)33-20(12-3-5-14(26)6-4-12)23-31-16-8-13(7-15(27)21(16)40-23)17(10-39-2)36-9-18(25(28,29)30)32-24(36)38/h7-8,12,14,17-18,20H,3-6,9-10H2,1-2H3,(H,32,38)(H,33,37). The summed E-state index contributed by atoms with van der Waals surface area (Å²) in [5, 5.41) is 11.9. The first-order valence-electron chi connectivity index (χ1n) is 12.9. The van der Waals surface area contributed by atoms with Crippen molar-refractivity contribution in [1.29, 1.82) is 0 Å². The first-order valence-corrected chi connectivity index (χ1v) is 12.9. The van der Waals surface area contributed by atoms with Gasteiger partial charge in [-0.3, -0.25) is 4.79 Å². The number of carbonyl (C=O) groups is 2. The average molecular weight is 587 g/mol. The Kier molecular flexibility index (Phi) is 7.85. The predicted molar refractivity (Wildman–Crippen MR) is 130 cm³/mol. The molecule has 5 rings (SSSR count). The Labute approximate surface area is 229 Å². The maximum atomic E-state index is 15.4. The summed E-state index contributed by atoms with van der Waals surface area (Å²) in [4.78, 5) is 30.7. The largest absolute Gasteiger partial charge is 0.435 e. The van der Waals surface area contributed by atoms with Crippen LogP contribution in [0, 0.1) is 18.7 Å². The number of halogens is 5. The summed E-state index contributed by atoms with van der Waals surface area (Å²) in [5.41, 5.74) is 0.0713. The van der Waals surface area contributed by atoms with Crippen LogP contribution < -0.4 is 10.6 Å². The van der Waals surface area contributed by atoms with Crippen LogP contribution in [0.15, 0.2) is 21.2 Å². The number of aryl methyl sites for hydroxylation is 1. The van der Waals surface area contributed by atoms with Crippen LogP contribution in [0.1, 0.15) is 65.4 Å². The maximum Gasteiger partial charge on any atom is 0.410 e. The molecule has 16 heteroatoms. The van der Waals surface area contributed by atoms with Gasteiger partial charge in [-0.25, -0.2) is 23.2 Å². The molecular formula is C25H27F5N6O5. The number of methoxy groups -OCH3 is 1. The summed E-state index contributed by atoms with van der Waals surface area (Å²) >= 11 is 0. The molecule has 0 bridgehead atoms. The van der Waals surface area contributed by atoms with Gasteiger partial charge in [0.05, 0.1) is 19.2 Å². The number of ether oxygens (including phenoxy) is 1. The zero-order chi connectivity index (χ0) is 29.5. The zero-order valence-electron chi connectivity index (χ0n) is 22.0. The van der Waals surface area contributed by atoms with Crippen LogP contribution in [-0.2, 0) is 4.74 Å². The quantitative estimate of drug-likeness (QED) is 0.373. The van der Waals surface area contributed by atoms with E-state index in [-0.39, 0.29) is 59.3 Å². The van der Waals surface area contributed by atoms with E-state index in [2.05, 4.69) is 25.2 Å². The van der Waals surface area contributed by atoms with E-state index in [1.165, 1.54) is 20.1 Å². The van der Waals surface area contributed by atoms with Gasteiger partial charge in [-0.05, 0) is 61.4 Å². The lowest BCUT2D eigenvalue weighted by Crippen LogP contribution is -2.40. The van der Waals surface area contributed by atoms with Gasteiger partial charge in [-0.2, -0.15) is 13.2 Å². The van der Waals surface area contributed by atoms with Crippen molar-refractivity contribution in [1.82, 2.24) is 30.8 Å². The van der Waals surface area contributed by atoms with Crippen molar-refractivity contribution in [2.45, 2.75) is 63.1 Å². The number of urea groups is 1. The second kappa shape index (κ2) is 11.2. The van der Waals surface area contributed by atoms with Crippen LogP contribution in [0.25, 0.3) is 11.1 Å². The number of rotatable bonds is 8. The topological polar surface area (TPSA) is 136 Å². The molecule has 222 valence electrons. The molecule has 3 aromatic rings. The van der Waals surface area contributed by atoms with Gasteiger partial charge >= 0.3 is 12.2 Å². The number of hydrogen-bond donors (Lipinski definition) is 2. The first kappa shape index (κ1) is 28.7. The minimum absolute atomic E-state index is 0.0146. The lowest BCUT2D eigenvalue weighted by molar-refractivity contribution is -0.150. The highest BCUT2D eigenvalue weighted by Gasteiger charge is 2.48. The number of benzene rings is 1. The van der Waals surface area contributed by atoms with Crippen molar-refractivity contribution in [2.75, 3.05) is 20.3 Å². The van der Waals surface area contributed by atoms with Gasteiger partial charge in [0.2, 0.25) is 5.89 Å². The third kappa shape index (κ3) is 5.83. The van der Waals surface area contributed by atoms with Gasteiger partial charge in [0, 0.05) is 7.11 Å². The fourth-order valence-corrected chi connectivity index (χ4v) is 5.33. The number of oxazole rings is 1. The molecule has 3 unspecified atom stereocenters. The number of fused-ring (bicyclic) bond motifs is 1. The predicted octanol–water partition coefficient (Wildman–Crippen LogP) is 4.30. The molecule has 2 fully saturated rings. The van der Waals surface area contributed by atoms with Crippen LogP contribution in [0.4, 0.5) is 26.7 Å². The molecule has 3 atom stereocenters. The summed E-state index contributed by atoms with van der Waals surface area (Å²) in [5.74, 6) is -1.85. The summed E-state index contributed by atoms with van der Waals surface area (Å²) in [6, 6.07) is -2.57. The molecular weight excluding hydrogens is 559 g/mol. The first-order chi connectivity index (χ1) is 19.5. The molecule has 3 heterocycles. The fraction of sp³-hybridized carbons (Fsp3) is 0.560. The molecule has 3 amide bonds. The van der Waals surface area contributed by atoms with E-state index in [9.17, 15) is 27.2 Å². The van der Waals surface area contributed by atoms with E-state index in [1.807, 2.05) is 5.32 Å². The van der Waals surface area contributed by atoms with Gasteiger partial charge < -0.3 is 24.7 Å². The summed E-state index contributed by atoms with van der Waals surface area (Å²) in [7, 11) is 1.30. The number of aromatic nitrogens is 3. The molecule has 0 spiro atoms. The molecule has 1 saturated carbocycles. The Balaban J connectivity index is 1.48. The van der Waals surface area contributed by atoms with Crippen molar-refractivity contribution in [3.8, 4) is 0 Å². The Bertz CT molecular complexity index is 1420. The van der Waals surface area contributed by atoms with Gasteiger partial charge in [-0.15, -0.1) is 0 Å². The summed E-state index contributed by atoms with van der Waals surface area (Å²) in [6.45, 7) is 0.616. The van der Waals surface area contributed by atoms with E-state index in [1.54, 1.807) is 0 Å². The number of alkyl halides is 4. The number of hydrogen-bond acceptors (Lipinski definition) is 8. The van der Waals surface area contributed by atoms with Crippen LogP contribution in [0.2, 0.25) is 0 Å². The van der Waals surface area contributed by atoms with Crippen molar-refractivity contribution in [3.63, 3.8) is 0 Å². The normalized spacial score (nSPS) is 23.0. The second-order valence-electron chi connectivity index (χ2n) is 10.2. The third-order valence-electron chi connectivity index (χ3n) is 7.50. The molecule has 1 aliphatic heterocycles. The lowest BCUT2D eigenvalue weighted by atomic mass is 9.83. The van der Waals surface area contributed by atoms with Crippen LogP contribution >= 0.6 is 0 Å². The second-order valence-corrected chi connectivity index (χ2v) is 10.2. The number of nitrogens with zero attached hydrogens (tertiary/aromatic N) is 4. The SMILES string of the molecule is COCC(c1cc(F)c2oc(C(NC(=O)c3nonc3C)C3CCC(F)CC3)nc2c1)N1CC(C(F)(F)F)NC1=O. The lowest BCUT2D eigenvalue weighted by Gasteiger charge is -2.30. The molecule has 11 nitrogen and oxygen atoms in total. The van der Waals surface area contributed by atoms with Crippen molar-refractivity contribution < 1.29 is 45.3 Å². The number of amides is 3. The summed E-state index contributed by atoms with van der Waals surface area (Å²) < 4.78 is 84.6. The van der Waals surface area contributed by atoms with Crippen LogP contribution in [-0.4, -0.2) is 70.8 Å². The molecule has 1 aliphatic carbocycles. The van der Waals surface area contributed by atoms with Crippen LogP contribution in [0.5, 0.6) is 0 Å². The molecule has 1 aromatic carbocycles. The van der Waals surface area contributed by atoms with Gasteiger partial charge in [0.15, 0.2) is 17.1 Å². The zero-order valence-corrected chi connectivity index (χ0v) is 22.0. The highest BCUT2D eigenvalue weighted by molar-refractivity contribution is 5.93. The summed E-state index contributed by atoms with van der Waals surface area (Å²) in [6.07, 6.45) is -4.33. The van der Waals surface area contributed by atoms with Crippen LogP contribution in [0.3, 0.4) is 0 Å². The fourth-order valence-electron chi connectivity index (χ4n) is 5.33. The highest BCUT2D eigenvalue weighted by atomic mass is 19.4. The van der Waals surface area contributed by atoms with Gasteiger partial charge in [0.1, 0.15) is 29.5 Å². The molecule has 0 radical (unpaired) electrons. The maximum absolute atomic E-state index is 15.4. The highest BCUT2D eigenvalue weighted by Crippen LogP contribution is 2.38.